The summed E-state index contributed by atoms with van der Waals surface area (Å²) in [5.74, 6) is 4.71. The Balaban J connectivity index is 2.30. The molecule has 1 aliphatic rings. The maximum Gasteiger partial charge on any atom is 0.353 e. The second-order valence-electron chi connectivity index (χ2n) is 4.31. The van der Waals surface area contributed by atoms with Gasteiger partial charge in [-0.15, -0.1) is 0 Å². The highest BCUT2D eigenvalue weighted by Crippen LogP contribution is 2.25. The Hall–Kier alpha value is -2.28. The van der Waals surface area contributed by atoms with Gasteiger partial charge in [0.15, 0.2) is 0 Å². The van der Waals surface area contributed by atoms with E-state index in [1.165, 1.54) is 0 Å². The Morgan fingerprint density at radius 1 is 1.28 bits per heavy atom. The van der Waals surface area contributed by atoms with Crippen molar-refractivity contribution in [2.45, 2.75) is 26.6 Å². The zero-order valence-electron chi connectivity index (χ0n) is 10.5. The fraction of sp³-hybridized carbons (Fsp3) is 0.286. The molecule has 4 nitrogen and oxygen atoms in total. The van der Waals surface area contributed by atoms with Crippen molar-refractivity contribution in [1.82, 2.24) is 4.98 Å². The minimum absolute atomic E-state index is 0.248. The fourth-order valence-corrected chi connectivity index (χ4v) is 1.57. The molecule has 0 saturated carbocycles. The van der Waals surface area contributed by atoms with Gasteiger partial charge in [0.05, 0.1) is 0 Å². The summed E-state index contributed by atoms with van der Waals surface area (Å²) in [6.07, 6.45) is 3.29. The summed E-state index contributed by atoms with van der Waals surface area (Å²) in [5.41, 5.74) is 0.980. The van der Waals surface area contributed by atoms with Crippen LogP contribution in [0.25, 0.3) is 0 Å². The summed E-state index contributed by atoms with van der Waals surface area (Å²) in [4.78, 5) is 15.7. The molecule has 0 bridgehead atoms. The van der Waals surface area contributed by atoms with E-state index in [-0.39, 0.29) is 5.57 Å². The van der Waals surface area contributed by atoms with Crippen molar-refractivity contribution in [2.75, 3.05) is 0 Å². The summed E-state index contributed by atoms with van der Waals surface area (Å²) in [6.45, 7) is 5.06. The SMILES string of the molecule is CC1=C(C#Cc2cccnc2)C(=O)OC(C)(C)O1. The molecule has 18 heavy (non-hydrogen) atoms. The lowest BCUT2D eigenvalue weighted by Gasteiger charge is -2.30. The number of aromatic nitrogens is 1. The number of hydrogen-bond donors (Lipinski definition) is 0. The summed E-state index contributed by atoms with van der Waals surface area (Å²) >= 11 is 0. The second kappa shape index (κ2) is 4.53. The van der Waals surface area contributed by atoms with Crippen molar-refractivity contribution in [1.29, 1.82) is 0 Å². The highest BCUT2D eigenvalue weighted by molar-refractivity contribution is 5.94. The van der Waals surface area contributed by atoms with E-state index < -0.39 is 11.8 Å². The second-order valence-corrected chi connectivity index (χ2v) is 4.31. The molecule has 0 amide bonds. The van der Waals surface area contributed by atoms with Crippen LogP contribution in [0.5, 0.6) is 0 Å². The first-order chi connectivity index (χ1) is 8.48. The normalized spacial score (nSPS) is 17.4. The number of carbonyl (C=O) groups excluding carboxylic acids is 1. The molecule has 0 spiro atoms. The first kappa shape index (κ1) is 12.2. The first-order valence-corrected chi connectivity index (χ1v) is 5.53. The van der Waals surface area contributed by atoms with Gasteiger partial charge in [-0.3, -0.25) is 4.98 Å². The number of allylic oxidation sites excluding steroid dienone is 1. The van der Waals surface area contributed by atoms with Gasteiger partial charge in [0.1, 0.15) is 11.3 Å². The number of rotatable bonds is 0. The number of hydrogen-bond acceptors (Lipinski definition) is 4. The van der Waals surface area contributed by atoms with Gasteiger partial charge in [0.2, 0.25) is 5.79 Å². The standard InChI is InChI=1S/C14H13NO3/c1-10-12(13(16)18-14(2,3)17-10)7-6-11-5-4-8-15-9-11/h4-5,8-9H,1-3H3. The average molecular weight is 243 g/mol. The summed E-state index contributed by atoms with van der Waals surface area (Å²) in [5, 5.41) is 0. The molecule has 1 aromatic heterocycles. The van der Waals surface area contributed by atoms with Crippen LogP contribution >= 0.6 is 0 Å². The van der Waals surface area contributed by atoms with E-state index in [2.05, 4.69) is 16.8 Å². The summed E-state index contributed by atoms with van der Waals surface area (Å²) in [6, 6.07) is 3.60. The molecule has 0 aromatic carbocycles. The fourth-order valence-electron chi connectivity index (χ4n) is 1.57. The molecule has 1 aliphatic heterocycles. The van der Waals surface area contributed by atoms with E-state index in [9.17, 15) is 4.79 Å². The Morgan fingerprint density at radius 3 is 2.67 bits per heavy atom. The lowest BCUT2D eigenvalue weighted by atomic mass is 10.2. The number of carbonyl (C=O) groups is 1. The van der Waals surface area contributed by atoms with E-state index in [1.54, 1.807) is 39.2 Å². The molecule has 0 unspecified atom stereocenters. The molecule has 0 N–H and O–H groups in total. The van der Waals surface area contributed by atoms with Crippen LogP contribution in [-0.4, -0.2) is 16.7 Å². The molecule has 1 aromatic rings. The molecular formula is C14H13NO3. The van der Waals surface area contributed by atoms with Crippen molar-refractivity contribution in [3.05, 3.63) is 41.4 Å². The molecule has 2 heterocycles. The highest BCUT2D eigenvalue weighted by Gasteiger charge is 2.33. The van der Waals surface area contributed by atoms with Gasteiger partial charge < -0.3 is 9.47 Å². The maximum atomic E-state index is 11.8. The zero-order valence-corrected chi connectivity index (χ0v) is 10.5. The predicted molar refractivity (Wildman–Crippen MR) is 65.1 cm³/mol. The Kier molecular flexibility index (Phi) is 3.07. The van der Waals surface area contributed by atoms with E-state index in [1.807, 2.05) is 6.07 Å². The van der Waals surface area contributed by atoms with Crippen LogP contribution < -0.4 is 0 Å². The topological polar surface area (TPSA) is 48.4 Å². The van der Waals surface area contributed by atoms with E-state index >= 15 is 0 Å². The average Bonchev–Trinajstić information content (AvgIpc) is 2.27. The molecule has 0 radical (unpaired) electrons. The van der Waals surface area contributed by atoms with E-state index in [0.29, 0.717) is 5.76 Å². The number of pyridine rings is 1. The number of ether oxygens (including phenoxy) is 2. The van der Waals surface area contributed by atoms with Crippen LogP contribution in [0.3, 0.4) is 0 Å². The monoisotopic (exact) mass is 243 g/mol. The molecule has 0 aliphatic carbocycles. The molecule has 4 heteroatoms. The maximum absolute atomic E-state index is 11.8. The summed E-state index contributed by atoms with van der Waals surface area (Å²) in [7, 11) is 0. The van der Waals surface area contributed by atoms with Crippen molar-refractivity contribution >= 4 is 5.97 Å². The van der Waals surface area contributed by atoms with Gasteiger partial charge in [-0.05, 0) is 19.1 Å². The van der Waals surface area contributed by atoms with Gasteiger partial charge in [-0.2, -0.15) is 0 Å². The third kappa shape index (κ3) is 2.69. The van der Waals surface area contributed by atoms with Gasteiger partial charge in [-0.25, -0.2) is 4.79 Å². The predicted octanol–water partition coefficient (Wildman–Crippen LogP) is 2.02. The van der Waals surface area contributed by atoms with Crippen LogP contribution in [0, 0.1) is 11.8 Å². The van der Waals surface area contributed by atoms with Gasteiger partial charge in [-0.1, -0.05) is 11.8 Å². The third-order valence-electron chi connectivity index (χ3n) is 2.29. The first-order valence-electron chi connectivity index (χ1n) is 5.53. The van der Waals surface area contributed by atoms with Crippen LogP contribution in [0.15, 0.2) is 35.9 Å². The highest BCUT2D eigenvalue weighted by atomic mass is 16.7. The lowest BCUT2D eigenvalue weighted by Crippen LogP contribution is -2.36. The summed E-state index contributed by atoms with van der Waals surface area (Å²) < 4.78 is 10.6. The van der Waals surface area contributed by atoms with Crippen molar-refractivity contribution in [3.8, 4) is 11.8 Å². The van der Waals surface area contributed by atoms with E-state index in [0.717, 1.165) is 5.56 Å². The Bertz CT molecular complexity index is 562. The van der Waals surface area contributed by atoms with Crippen LogP contribution in [0.1, 0.15) is 26.3 Å². The van der Waals surface area contributed by atoms with Gasteiger partial charge in [0.25, 0.3) is 0 Å². The Labute approximate surface area is 106 Å². The number of nitrogens with zero attached hydrogens (tertiary/aromatic N) is 1. The van der Waals surface area contributed by atoms with Crippen molar-refractivity contribution < 1.29 is 14.3 Å². The number of esters is 1. The number of cyclic esters (lactones) is 1. The smallest absolute Gasteiger partial charge is 0.353 e. The van der Waals surface area contributed by atoms with Gasteiger partial charge in [0, 0.05) is 31.8 Å². The lowest BCUT2D eigenvalue weighted by molar-refractivity contribution is -0.206. The van der Waals surface area contributed by atoms with Crippen LogP contribution in [0.4, 0.5) is 0 Å². The molecule has 0 atom stereocenters. The van der Waals surface area contributed by atoms with E-state index in [4.69, 9.17) is 9.47 Å². The minimum Gasteiger partial charge on any atom is -0.456 e. The molecule has 92 valence electrons. The van der Waals surface area contributed by atoms with Crippen molar-refractivity contribution in [3.63, 3.8) is 0 Å². The molecule has 2 rings (SSSR count). The molecule has 0 fully saturated rings. The van der Waals surface area contributed by atoms with Gasteiger partial charge >= 0.3 is 5.97 Å². The molecular weight excluding hydrogens is 230 g/mol. The minimum atomic E-state index is -0.930. The largest absolute Gasteiger partial charge is 0.456 e. The zero-order chi connectivity index (χ0) is 13.2. The van der Waals surface area contributed by atoms with Crippen molar-refractivity contribution in [2.24, 2.45) is 0 Å². The Morgan fingerprint density at radius 2 is 2.06 bits per heavy atom. The third-order valence-corrected chi connectivity index (χ3v) is 2.29. The van der Waals surface area contributed by atoms with Crippen LogP contribution in [-0.2, 0) is 14.3 Å². The molecule has 0 saturated heterocycles. The van der Waals surface area contributed by atoms with Crippen LogP contribution in [0.2, 0.25) is 0 Å². The quantitative estimate of drug-likeness (QED) is 0.516.